The number of fused-ring (bicyclic) bond motifs is 1. The largest absolute Gasteiger partial charge is 0.493 e. The molecule has 1 aromatic heterocycles. The first-order valence-electron chi connectivity index (χ1n) is 8.71. The topological polar surface area (TPSA) is 44.1 Å². The van der Waals surface area contributed by atoms with Crippen LogP contribution in [0.1, 0.15) is 0 Å². The third-order valence-corrected chi connectivity index (χ3v) is 4.99. The molecule has 4 aromatic rings. The van der Waals surface area contributed by atoms with Gasteiger partial charge < -0.3 is 4.74 Å². The molecule has 0 spiro atoms. The van der Waals surface area contributed by atoms with Crippen LogP contribution in [0, 0.1) is 0 Å². The van der Waals surface area contributed by atoms with E-state index in [9.17, 15) is 4.79 Å². The van der Waals surface area contributed by atoms with Crippen LogP contribution in [0.2, 0.25) is 0 Å². The Morgan fingerprint density at radius 1 is 0.852 bits per heavy atom. The van der Waals surface area contributed by atoms with Crippen LogP contribution < -0.4 is 10.3 Å². The fourth-order valence-electron chi connectivity index (χ4n) is 2.82. The lowest BCUT2D eigenvalue weighted by atomic mass is 10.2. The van der Waals surface area contributed by atoms with E-state index in [4.69, 9.17) is 9.72 Å². The van der Waals surface area contributed by atoms with Crippen molar-refractivity contribution in [3.05, 3.63) is 95.3 Å². The van der Waals surface area contributed by atoms with Crippen LogP contribution in [0.15, 0.2) is 94.9 Å². The summed E-state index contributed by atoms with van der Waals surface area (Å²) in [5.74, 6) is 1.52. The molecule has 0 saturated carbocycles. The van der Waals surface area contributed by atoms with Crippen molar-refractivity contribution in [2.24, 2.45) is 0 Å². The van der Waals surface area contributed by atoms with E-state index in [1.807, 2.05) is 84.9 Å². The van der Waals surface area contributed by atoms with Crippen LogP contribution in [0.5, 0.6) is 5.75 Å². The summed E-state index contributed by atoms with van der Waals surface area (Å²) in [6.07, 6.45) is 0. The molecule has 0 fully saturated rings. The molecule has 0 unspecified atom stereocenters. The summed E-state index contributed by atoms with van der Waals surface area (Å²) in [4.78, 5) is 17.8. The van der Waals surface area contributed by atoms with Crippen molar-refractivity contribution < 1.29 is 4.74 Å². The molecule has 0 aliphatic heterocycles. The van der Waals surface area contributed by atoms with Crippen molar-refractivity contribution in [3.8, 4) is 11.4 Å². The molecule has 4 rings (SSSR count). The van der Waals surface area contributed by atoms with E-state index in [0.29, 0.717) is 28.4 Å². The molecular weight excluding hydrogens is 356 g/mol. The van der Waals surface area contributed by atoms with Crippen LogP contribution >= 0.6 is 11.8 Å². The number of hydrogen-bond acceptors (Lipinski definition) is 4. The van der Waals surface area contributed by atoms with Gasteiger partial charge in [-0.25, -0.2) is 4.98 Å². The third kappa shape index (κ3) is 3.88. The Labute approximate surface area is 161 Å². The third-order valence-electron chi connectivity index (χ3n) is 4.09. The maximum Gasteiger partial charge on any atom is 0.266 e. The quantitative estimate of drug-likeness (QED) is 0.282. The first-order chi connectivity index (χ1) is 13.3. The van der Waals surface area contributed by atoms with Crippen LogP contribution in [0.3, 0.4) is 0 Å². The van der Waals surface area contributed by atoms with Crippen molar-refractivity contribution in [3.63, 3.8) is 0 Å². The first-order valence-corrected chi connectivity index (χ1v) is 9.69. The Hall–Kier alpha value is -3.05. The summed E-state index contributed by atoms with van der Waals surface area (Å²) in [5, 5.41) is 1.29. The van der Waals surface area contributed by atoms with Gasteiger partial charge in [0.05, 0.1) is 23.2 Å². The SMILES string of the molecule is O=c1c2ccccc2nc(SCCOc2ccccc2)n1-c1ccccc1. The second-order valence-corrected chi connectivity index (χ2v) is 6.96. The molecule has 1 heterocycles. The predicted octanol–water partition coefficient (Wildman–Crippen LogP) is 4.56. The molecule has 134 valence electrons. The fourth-order valence-corrected chi connectivity index (χ4v) is 3.65. The molecular formula is C22H18N2O2S. The number of para-hydroxylation sites is 3. The highest BCUT2D eigenvalue weighted by Gasteiger charge is 2.13. The molecule has 0 radical (unpaired) electrons. The summed E-state index contributed by atoms with van der Waals surface area (Å²) in [6, 6.07) is 26.8. The lowest BCUT2D eigenvalue weighted by Gasteiger charge is -2.13. The predicted molar refractivity (Wildman–Crippen MR) is 110 cm³/mol. The molecule has 0 saturated heterocycles. The zero-order valence-electron chi connectivity index (χ0n) is 14.6. The van der Waals surface area contributed by atoms with E-state index >= 15 is 0 Å². The molecule has 4 nitrogen and oxygen atoms in total. The molecule has 0 aliphatic rings. The van der Waals surface area contributed by atoms with Crippen LogP contribution in [-0.2, 0) is 0 Å². The van der Waals surface area contributed by atoms with Crippen LogP contribution in [0.25, 0.3) is 16.6 Å². The second-order valence-electron chi connectivity index (χ2n) is 5.90. The number of aromatic nitrogens is 2. The number of thioether (sulfide) groups is 1. The number of benzene rings is 3. The Morgan fingerprint density at radius 3 is 2.30 bits per heavy atom. The number of nitrogens with zero attached hydrogens (tertiary/aromatic N) is 2. The maximum absolute atomic E-state index is 13.1. The van der Waals surface area contributed by atoms with Crippen molar-refractivity contribution in [1.29, 1.82) is 0 Å². The molecule has 0 N–H and O–H groups in total. The minimum Gasteiger partial charge on any atom is -0.493 e. The Balaban J connectivity index is 1.63. The Bertz CT molecular complexity index is 1100. The summed E-state index contributed by atoms with van der Waals surface area (Å²) in [5.41, 5.74) is 1.46. The van der Waals surface area contributed by atoms with E-state index in [0.717, 1.165) is 11.4 Å². The first kappa shape index (κ1) is 17.4. The lowest BCUT2D eigenvalue weighted by Crippen LogP contribution is -2.22. The summed E-state index contributed by atoms with van der Waals surface area (Å²) in [7, 11) is 0. The fraction of sp³-hybridized carbons (Fsp3) is 0.0909. The van der Waals surface area contributed by atoms with Gasteiger partial charge in [0.2, 0.25) is 0 Å². The van der Waals surface area contributed by atoms with Gasteiger partial charge in [-0.15, -0.1) is 0 Å². The average Bonchev–Trinajstić information content (AvgIpc) is 2.73. The Morgan fingerprint density at radius 2 is 1.52 bits per heavy atom. The molecule has 5 heteroatoms. The Kier molecular flexibility index (Phi) is 5.21. The summed E-state index contributed by atoms with van der Waals surface area (Å²) < 4.78 is 7.43. The van der Waals surface area contributed by atoms with Gasteiger partial charge in [0.25, 0.3) is 5.56 Å². The minimum absolute atomic E-state index is 0.0572. The highest BCUT2D eigenvalue weighted by molar-refractivity contribution is 7.99. The standard InChI is InChI=1S/C22H18N2O2S/c25-21-19-13-7-8-14-20(19)23-22(24(21)17-9-3-1-4-10-17)27-16-15-26-18-11-5-2-6-12-18/h1-14H,15-16H2. The van der Waals surface area contributed by atoms with Gasteiger partial charge in [-0.3, -0.25) is 9.36 Å². The maximum atomic E-state index is 13.1. The number of ether oxygens (including phenoxy) is 1. The number of rotatable bonds is 6. The van der Waals surface area contributed by atoms with Gasteiger partial charge in [-0.2, -0.15) is 0 Å². The zero-order chi connectivity index (χ0) is 18.5. The van der Waals surface area contributed by atoms with Gasteiger partial charge in [0.1, 0.15) is 5.75 Å². The van der Waals surface area contributed by atoms with E-state index in [1.165, 1.54) is 11.8 Å². The second kappa shape index (κ2) is 8.10. The minimum atomic E-state index is -0.0572. The molecule has 0 aliphatic carbocycles. The average molecular weight is 374 g/mol. The van der Waals surface area contributed by atoms with Gasteiger partial charge in [-0.1, -0.05) is 60.3 Å². The van der Waals surface area contributed by atoms with Gasteiger partial charge >= 0.3 is 0 Å². The van der Waals surface area contributed by atoms with E-state index < -0.39 is 0 Å². The number of hydrogen-bond donors (Lipinski definition) is 0. The zero-order valence-corrected chi connectivity index (χ0v) is 15.4. The van der Waals surface area contributed by atoms with Gasteiger partial charge in [-0.05, 0) is 36.4 Å². The van der Waals surface area contributed by atoms with E-state index in [1.54, 1.807) is 4.57 Å². The van der Waals surface area contributed by atoms with Gasteiger partial charge in [0.15, 0.2) is 5.16 Å². The van der Waals surface area contributed by atoms with Crippen molar-refractivity contribution >= 4 is 22.7 Å². The lowest BCUT2D eigenvalue weighted by molar-refractivity contribution is 0.344. The van der Waals surface area contributed by atoms with E-state index in [-0.39, 0.29) is 5.56 Å². The molecule has 27 heavy (non-hydrogen) atoms. The monoisotopic (exact) mass is 374 g/mol. The van der Waals surface area contributed by atoms with Crippen molar-refractivity contribution in [2.45, 2.75) is 5.16 Å². The molecule has 0 amide bonds. The van der Waals surface area contributed by atoms with Gasteiger partial charge in [0, 0.05) is 5.75 Å². The van der Waals surface area contributed by atoms with Crippen LogP contribution in [0.4, 0.5) is 0 Å². The summed E-state index contributed by atoms with van der Waals surface area (Å²) in [6.45, 7) is 0.534. The summed E-state index contributed by atoms with van der Waals surface area (Å²) >= 11 is 1.52. The smallest absolute Gasteiger partial charge is 0.266 e. The molecule has 0 atom stereocenters. The van der Waals surface area contributed by atoms with Crippen LogP contribution in [-0.4, -0.2) is 21.9 Å². The van der Waals surface area contributed by atoms with Crippen molar-refractivity contribution in [1.82, 2.24) is 9.55 Å². The highest BCUT2D eigenvalue weighted by Crippen LogP contribution is 2.21. The normalized spacial score (nSPS) is 10.8. The van der Waals surface area contributed by atoms with E-state index in [2.05, 4.69) is 0 Å². The molecule has 3 aromatic carbocycles. The highest BCUT2D eigenvalue weighted by atomic mass is 32.2. The van der Waals surface area contributed by atoms with Crippen molar-refractivity contribution in [2.75, 3.05) is 12.4 Å². The molecule has 0 bridgehead atoms.